The molecule has 0 saturated heterocycles. The summed E-state index contributed by atoms with van der Waals surface area (Å²) >= 11 is 0. The molecule has 0 unspecified atom stereocenters. The Morgan fingerprint density at radius 2 is 1.90 bits per heavy atom. The van der Waals surface area contributed by atoms with Crippen molar-refractivity contribution in [2.45, 2.75) is 65.0 Å². The van der Waals surface area contributed by atoms with E-state index in [1.54, 1.807) is 0 Å². The smallest absolute Gasteiger partial charge is 0.323 e. The molecule has 1 fully saturated rings. The van der Waals surface area contributed by atoms with Gasteiger partial charge in [0.15, 0.2) is 0 Å². The first-order valence-corrected chi connectivity index (χ1v) is 7.51. The highest BCUT2D eigenvalue weighted by Crippen LogP contribution is 2.28. The summed E-state index contributed by atoms with van der Waals surface area (Å²) in [5.74, 6) is 1.59. The van der Waals surface area contributed by atoms with Crippen LogP contribution in [0.2, 0.25) is 0 Å². The fraction of sp³-hybridized carbons (Fsp3) is 0.786. The molecule has 3 N–H and O–H groups in total. The van der Waals surface area contributed by atoms with Gasteiger partial charge < -0.3 is 15.8 Å². The standard InChI is InChI=1S/C14H25N5O/c1-4-10-5-7-11(8-6-10)16-13-17-12(15)18-14(19-13)20-9(2)3/h9-11H,4-8H2,1-3H3,(H3,15,16,17,18,19). The van der Waals surface area contributed by atoms with Gasteiger partial charge in [-0.25, -0.2) is 0 Å². The largest absolute Gasteiger partial charge is 0.461 e. The van der Waals surface area contributed by atoms with Crippen LogP contribution >= 0.6 is 0 Å². The van der Waals surface area contributed by atoms with Gasteiger partial charge in [-0.3, -0.25) is 0 Å². The number of ether oxygens (including phenoxy) is 1. The Bertz CT molecular complexity index is 430. The van der Waals surface area contributed by atoms with Crippen LogP contribution in [0.4, 0.5) is 11.9 Å². The first kappa shape index (κ1) is 14.8. The van der Waals surface area contributed by atoms with Gasteiger partial charge in [0.25, 0.3) is 0 Å². The molecular weight excluding hydrogens is 254 g/mol. The van der Waals surface area contributed by atoms with Gasteiger partial charge in [0.05, 0.1) is 6.10 Å². The number of nitrogens with two attached hydrogens (primary N) is 1. The molecule has 0 aromatic carbocycles. The van der Waals surface area contributed by atoms with Crippen molar-refractivity contribution in [3.05, 3.63) is 0 Å². The van der Waals surface area contributed by atoms with Crippen molar-refractivity contribution in [2.24, 2.45) is 5.92 Å². The van der Waals surface area contributed by atoms with Crippen molar-refractivity contribution in [1.29, 1.82) is 0 Å². The molecule has 112 valence electrons. The number of nitrogens with zero attached hydrogens (tertiary/aromatic N) is 3. The lowest BCUT2D eigenvalue weighted by molar-refractivity contribution is 0.222. The SMILES string of the molecule is CCC1CCC(Nc2nc(N)nc(OC(C)C)n2)CC1. The maximum atomic E-state index is 5.70. The van der Waals surface area contributed by atoms with Crippen LogP contribution in [0.15, 0.2) is 0 Å². The molecule has 1 aliphatic carbocycles. The predicted octanol–water partition coefficient (Wildman–Crippen LogP) is 2.62. The molecular formula is C14H25N5O. The highest BCUT2D eigenvalue weighted by molar-refractivity contribution is 5.33. The Hall–Kier alpha value is -1.59. The third-order valence-corrected chi connectivity index (χ3v) is 3.73. The topological polar surface area (TPSA) is 86.0 Å². The molecule has 0 radical (unpaired) electrons. The van der Waals surface area contributed by atoms with Crippen molar-refractivity contribution in [2.75, 3.05) is 11.1 Å². The number of nitrogen functional groups attached to an aromatic ring is 1. The quantitative estimate of drug-likeness (QED) is 0.861. The van der Waals surface area contributed by atoms with E-state index in [1.165, 1.54) is 19.3 Å². The Morgan fingerprint density at radius 1 is 1.20 bits per heavy atom. The maximum absolute atomic E-state index is 5.70. The first-order valence-electron chi connectivity index (χ1n) is 7.51. The van der Waals surface area contributed by atoms with Crippen LogP contribution in [0.25, 0.3) is 0 Å². The van der Waals surface area contributed by atoms with Crippen molar-refractivity contribution in [3.63, 3.8) is 0 Å². The molecule has 0 spiro atoms. The van der Waals surface area contributed by atoms with Gasteiger partial charge in [-0.1, -0.05) is 13.3 Å². The average Bonchev–Trinajstić information content (AvgIpc) is 2.38. The van der Waals surface area contributed by atoms with E-state index >= 15 is 0 Å². The van der Waals surface area contributed by atoms with Crippen molar-refractivity contribution in [1.82, 2.24) is 15.0 Å². The molecule has 6 nitrogen and oxygen atoms in total. The molecule has 1 heterocycles. The lowest BCUT2D eigenvalue weighted by atomic mass is 9.85. The molecule has 1 aromatic heterocycles. The number of anilines is 2. The molecule has 1 aliphatic rings. The minimum Gasteiger partial charge on any atom is -0.461 e. The second-order valence-electron chi connectivity index (χ2n) is 5.74. The highest BCUT2D eigenvalue weighted by atomic mass is 16.5. The Morgan fingerprint density at radius 3 is 2.50 bits per heavy atom. The number of nitrogens with one attached hydrogen (secondary N) is 1. The fourth-order valence-electron chi connectivity index (χ4n) is 2.60. The van der Waals surface area contributed by atoms with Gasteiger partial charge in [-0.2, -0.15) is 15.0 Å². The van der Waals surface area contributed by atoms with Crippen LogP contribution in [0.5, 0.6) is 6.01 Å². The molecule has 0 atom stereocenters. The third kappa shape index (κ3) is 4.21. The van der Waals surface area contributed by atoms with Crippen LogP contribution in [0.1, 0.15) is 52.9 Å². The molecule has 0 aliphatic heterocycles. The first-order chi connectivity index (χ1) is 9.56. The molecule has 1 aromatic rings. The zero-order chi connectivity index (χ0) is 14.5. The lowest BCUT2D eigenvalue weighted by Gasteiger charge is -2.28. The van der Waals surface area contributed by atoms with E-state index in [9.17, 15) is 0 Å². The van der Waals surface area contributed by atoms with Gasteiger partial charge in [0, 0.05) is 6.04 Å². The molecule has 6 heteroatoms. The fourth-order valence-corrected chi connectivity index (χ4v) is 2.60. The number of aromatic nitrogens is 3. The summed E-state index contributed by atoms with van der Waals surface area (Å²) in [6.07, 6.45) is 6.14. The van der Waals surface area contributed by atoms with E-state index in [2.05, 4.69) is 27.2 Å². The van der Waals surface area contributed by atoms with Gasteiger partial charge in [-0.15, -0.1) is 0 Å². The molecule has 20 heavy (non-hydrogen) atoms. The summed E-state index contributed by atoms with van der Waals surface area (Å²) in [4.78, 5) is 12.4. The van der Waals surface area contributed by atoms with Crippen LogP contribution in [-0.2, 0) is 0 Å². The second-order valence-corrected chi connectivity index (χ2v) is 5.74. The summed E-state index contributed by atoms with van der Waals surface area (Å²) in [6.45, 7) is 6.12. The van der Waals surface area contributed by atoms with Crippen LogP contribution in [0, 0.1) is 5.92 Å². The van der Waals surface area contributed by atoms with Crippen LogP contribution < -0.4 is 15.8 Å². The zero-order valence-electron chi connectivity index (χ0n) is 12.6. The van der Waals surface area contributed by atoms with Gasteiger partial charge in [0.2, 0.25) is 11.9 Å². The maximum Gasteiger partial charge on any atom is 0.323 e. The number of hydrogen-bond donors (Lipinski definition) is 2. The number of hydrogen-bond acceptors (Lipinski definition) is 6. The monoisotopic (exact) mass is 279 g/mol. The van der Waals surface area contributed by atoms with E-state index < -0.39 is 0 Å². The summed E-state index contributed by atoms with van der Waals surface area (Å²) in [5, 5.41) is 3.36. The molecule has 0 bridgehead atoms. The van der Waals surface area contributed by atoms with Crippen molar-refractivity contribution in [3.8, 4) is 6.01 Å². The predicted molar refractivity (Wildman–Crippen MR) is 79.7 cm³/mol. The lowest BCUT2D eigenvalue weighted by Crippen LogP contribution is -2.27. The summed E-state index contributed by atoms with van der Waals surface area (Å²) < 4.78 is 5.48. The van der Waals surface area contributed by atoms with Crippen molar-refractivity contribution < 1.29 is 4.74 Å². The minimum atomic E-state index is 0.0182. The van der Waals surface area contributed by atoms with Gasteiger partial charge in [0.1, 0.15) is 0 Å². The van der Waals surface area contributed by atoms with Crippen molar-refractivity contribution >= 4 is 11.9 Å². The molecule has 1 saturated carbocycles. The third-order valence-electron chi connectivity index (χ3n) is 3.73. The highest BCUT2D eigenvalue weighted by Gasteiger charge is 2.21. The average molecular weight is 279 g/mol. The normalized spacial score (nSPS) is 22.8. The summed E-state index contributed by atoms with van der Waals surface area (Å²) in [6, 6.07) is 0.712. The number of rotatable bonds is 5. The van der Waals surface area contributed by atoms with Crippen LogP contribution in [-0.4, -0.2) is 27.1 Å². The van der Waals surface area contributed by atoms with Crippen LogP contribution in [0.3, 0.4) is 0 Å². The summed E-state index contributed by atoms with van der Waals surface area (Å²) in [5.41, 5.74) is 5.70. The van der Waals surface area contributed by atoms with E-state index in [4.69, 9.17) is 10.5 Å². The Labute approximate surface area is 120 Å². The minimum absolute atomic E-state index is 0.0182. The van der Waals surface area contributed by atoms with E-state index in [0.717, 1.165) is 18.8 Å². The molecule has 2 rings (SSSR count). The second kappa shape index (κ2) is 6.72. The zero-order valence-corrected chi connectivity index (χ0v) is 12.6. The van der Waals surface area contributed by atoms with Gasteiger partial charge in [-0.05, 0) is 45.4 Å². The molecule has 0 amide bonds. The van der Waals surface area contributed by atoms with E-state index in [-0.39, 0.29) is 18.1 Å². The Balaban J connectivity index is 1.97. The Kier molecular flexibility index (Phi) is 4.98. The van der Waals surface area contributed by atoms with Gasteiger partial charge >= 0.3 is 6.01 Å². The van der Waals surface area contributed by atoms with E-state index in [1.807, 2.05) is 13.8 Å². The summed E-state index contributed by atoms with van der Waals surface area (Å²) in [7, 11) is 0. The van der Waals surface area contributed by atoms with E-state index in [0.29, 0.717) is 12.0 Å².